The van der Waals surface area contributed by atoms with E-state index in [2.05, 4.69) is 5.32 Å². The lowest BCUT2D eigenvalue weighted by Crippen LogP contribution is -2.53. The van der Waals surface area contributed by atoms with Gasteiger partial charge in [-0.3, -0.25) is 13.9 Å². The van der Waals surface area contributed by atoms with Crippen LogP contribution in [0.1, 0.15) is 11.1 Å². The van der Waals surface area contributed by atoms with Crippen LogP contribution in [0.5, 0.6) is 5.75 Å². The molecule has 0 spiro atoms. The molecule has 0 aliphatic rings. The van der Waals surface area contributed by atoms with Crippen molar-refractivity contribution in [3.8, 4) is 5.75 Å². The molecule has 0 heterocycles. The average molecular weight is 562 g/mol. The zero-order valence-corrected chi connectivity index (χ0v) is 22.8. The summed E-state index contributed by atoms with van der Waals surface area (Å²) in [7, 11) is -1.22. The summed E-state index contributed by atoms with van der Waals surface area (Å²) in [5.74, 6) is -1.58. The van der Waals surface area contributed by atoms with Gasteiger partial charge in [-0.2, -0.15) is 0 Å². The zero-order chi connectivity index (χ0) is 27.9. The van der Waals surface area contributed by atoms with Crippen molar-refractivity contribution < 1.29 is 27.1 Å². The minimum absolute atomic E-state index is 0.0567. The number of ether oxygens (including phenoxy) is 1. The van der Waals surface area contributed by atoms with Crippen LogP contribution in [-0.4, -0.2) is 58.1 Å². The molecular weight excluding hydrogens is 533 g/mol. The maximum atomic E-state index is 14.7. The van der Waals surface area contributed by atoms with Gasteiger partial charge in [0.1, 0.15) is 24.2 Å². The Morgan fingerprint density at radius 2 is 1.71 bits per heavy atom. The first-order valence-electron chi connectivity index (χ1n) is 11.6. The van der Waals surface area contributed by atoms with Gasteiger partial charge in [0.05, 0.1) is 19.1 Å². The second-order valence-corrected chi connectivity index (χ2v) is 10.9. The molecule has 0 radical (unpaired) electrons. The Morgan fingerprint density at radius 1 is 1.05 bits per heavy atom. The number of hydrogen-bond acceptors (Lipinski definition) is 5. The first-order chi connectivity index (χ1) is 18.0. The smallest absolute Gasteiger partial charge is 0.244 e. The van der Waals surface area contributed by atoms with E-state index in [1.807, 2.05) is 6.07 Å². The van der Waals surface area contributed by atoms with E-state index < -0.39 is 40.2 Å². The van der Waals surface area contributed by atoms with E-state index in [1.54, 1.807) is 30.3 Å². The van der Waals surface area contributed by atoms with Gasteiger partial charge in [-0.25, -0.2) is 12.8 Å². The number of nitrogens with one attached hydrogen (secondary N) is 1. The molecule has 11 heteroatoms. The number of hydrogen-bond donors (Lipinski definition) is 1. The molecule has 38 heavy (non-hydrogen) atoms. The molecule has 0 unspecified atom stereocenters. The largest absolute Gasteiger partial charge is 0.495 e. The maximum Gasteiger partial charge on any atom is 0.244 e. The molecular formula is C27H29ClFN3O5S. The predicted octanol–water partition coefficient (Wildman–Crippen LogP) is 3.64. The molecule has 202 valence electrons. The first-order valence-corrected chi connectivity index (χ1v) is 13.9. The Bertz CT molecular complexity index is 1390. The van der Waals surface area contributed by atoms with Crippen LogP contribution in [0.25, 0.3) is 0 Å². The van der Waals surface area contributed by atoms with Gasteiger partial charge in [0, 0.05) is 30.6 Å². The van der Waals surface area contributed by atoms with Gasteiger partial charge in [-0.05, 0) is 29.8 Å². The topological polar surface area (TPSA) is 96.0 Å². The van der Waals surface area contributed by atoms with Crippen LogP contribution < -0.4 is 14.4 Å². The van der Waals surface area contributed by atoms with Crippen molar-refractivity contribution in [1.29, 1.82) is 0 Å². The van der Waals surface area contributed by atoms with E-state index in [0.717, 1.165) is 16.1 Å². The summed E-state index contributed by atoms with van der Waals surface area (Å²) < 4.78 is 46.5. The molecule has 2 amide bonds. The number of sulfonamides is 1. The second kappa shape index (κ2) is 12.7. The first kappa shape index (κ1) is 28.9. The Labute approximate surface area is 227 Å². The minimum Gasteiger partial charge on any atom is -0.495 e. The number of methoxy groups -OCH3 is 1. The number of likely N-dealkylation sites (N-methyl/N-ethyl adjacent to an activating group) is 1. The van der Waals surface area contributed by atoms with Crippen LogP contribution in [0.4, 0.5) is 10.1 Å². The molecule has 0 fully saturated rings. The zero-order valence-electron chi connectivity index (χ0n) is 21.2. The molecule has 0 aliphatic carbocycles. The van der Waals surface area contributed by atoms with E-state index in [9.17, 15) is 22.4 Å². The molecule has 0 aliphatic heterocycles. The standard InChI is InChI=1S/C27H29ClFN3O5S/c1-30-27(34)24(15-19-9-5-4-6-10-19)31(17-20-11-7-8-12-22(20)29)26(33)18-32(38(3,35)36)23-16-21(28)13-14-25(23)37-2/h4-14,16,24H,15,17-18H2,1-3H3,(H,30,34)/t24-/m1/s1. The predicted molar refractivity (Wildman–Crippen MR) is 145 cm³/mol. The fourth-order valence-corrected chi connectivity index (χ4v) is 4.99. The maximum absolute atomic E-state index is 14.7. The highest BCUT2D eigenvalue weighted by Crippen LogP contribution is 2.33. The van der Waals surface area contributed by atoms with E-state index >= 15 is 0 Å². The van der Waals surface area contributed by atoms with Crippen molar-refractivity contribution in [3.63, 3.8) is 0 Å². The lowest BCUT2D eigenvalue weighted by atomic mass is 10.0. The number of benzene rings is 3. The molecule has 1 N–H and O–H groups in total. The summed E-state index contributed by atoms with van der Waals surface area (Å²) in [5.41, 5.74) is 0.999. The molecule has 0 bridgehead atoms. The van der Waals surface area contributed by atoms with Crippen molar-refractivity contribution >= 4 is 39.1 Å². The summed E-state index contributed by atoms with van der Waals surface area (Å²) >= 11 is 6.13. The fourth-order valence-electron chi connectivity index (χ4n) is 3.98. The number of nitrogens with zero attached hydrogens (tertiary/aromatic N) is 2. The van der Waals surface area contributed by atoms with Crippen molar-refractivity contribution in [2.75, 3.05) is 31.3 Å². The van der Waals surface area contributed by atoms with E-state index in [4.69, 9.17) is 16.3 Å². The van der Waals surface area contributed by atoms with Crippen molar-refractivity contribution in [3.05, 3.63) is 94.8 Å². The van der Waals surface area contributed by atoms with Crippen molar-refractivity contribution in [2.45, 2.75) is 19.0 Å². The summed E-state index contributed by atoms with van der Waals surface area (Å²) in [4.78, 5) is 28.1. The second-order valence-electron chi connectivity index (χ2n) is 8.52. The summed E-state index contributed by atoms with van der Waals surface area (Å²) in [5, 5.41) is 2.80. The Morgan fingerprint density at radius 3 is 2.32 bits per heavy atom. The fraction of sp³-hybridized carbons (Fsp3) is 0.259. The number of halogens is 2. The van der Waals surface area contributed by atoms with Gasteiger partial charge in [0.25, 0.3) is 0 Å². The Balaban J connectivity index is 2.08. The third kappa shape index (κ3) is 7.23. The average Bonchev–Trinajstić information content (AvgIpc) is 2.89. The van der Waals surface area contributed by atoms with Gasteiger partial charge in [0.2, 0.25) is 21.8 Å². The Hall–Kier alpha value is -3.63. The highest BCUT2D eigenvalue weighted by molar-refractivity contribution is 7.92. The number of rotatable bonds is 11. The van der Waals surface area contributed by atoms with E-state index in [-0.39, 0.29) is 35.0 Å². The Kier molecular flexibility index (Phi) is 9.71. The van der Waals surface area contributed by atoms with Crippen LogP contribution in [-0.2, 0) is 32.6 Å². The number of amides is 2. The van der Waals surface area contributed by atoms with Gasteiger partial charge >= 0.3 is 0 Å². The lowest BCUT2D eigenvalue weighted by molar-refractivity contribution is -0.139. The minimum atomic E-state index is -4.01. The molecule has 0 aromatic heterocycles. The molecule has 3 rings (SSSR count). The monoisotopic (exact) mass is 561 g/mol. The molecule has 0 saturated heterocycles. The number of anilines is 1. The molecule has 1 atom stereocenters. The molecule has 3 aromatic carbocycles. The van der Waals surface area contributed by atoms with Crippen LogP contribution >= 0.6 is 11.6 Å². The SMILES string of the molecule is CNC(=O)[C@@H](Cc1ccccc1)N(Cc1ccccc1F)C(=O)CN(c1cc(Cl)ccc1OC)S(C)(=O)=O. The van der Waals surface area contributed by atoms with E-state index in [1.165, 1.54) is 55.5 Å². The highest BCUT2D eigenvalue weighted by Gasteiger charge is 2.33. The molecule has 8 nitrogen and oxygen atoms in total. The van der Waals surface area contributed by atoms with Crippen LogP contribution in [0.3, 0.4) is 0 Å². The van der Waals surface area contributed by atoms with Gasteiger partial charge in [-0.15, -0.1) is 0 Å². The number of carbonyl (C=O) groups excluding carboxylic acids is 2. The summed E-state index contributed by atoms with van der Waals surface area (Å²) in [6, 6.07) is 18.3. The van der Waals surface area contributed by atoms with Crippen molar-refractivity contribution in [2.24, 2.45) is 0 Å². The quantitative estimate of drug-likeness (QED) is 0.386. The van der Waals surface area contributed by atoms with Gasteiger partial charge in [-0.1, -0.05) is 60.1 Å². The molecule has 0 saturated carbocycles. The normalized spacial score (nSPS) is 11.9. The van der Waals surface area contributed by atoms with Gasteiger partial charge in [0.15, 0.2) is 0 Å². The van der Waals surface area contributed by atoms with Crippen molar-refractivity contribution in [1.82, 2.24) is 10.2 Å². The van der Waals surface area contributed by atoms with Crippen LogP contribution in [0.2, 0.25) is 5.02 Å². The summed E-state index contributed by atoms with van der Waals surface area (Å²) in [6.07, 6.45) is 1.07. The summed E-state index contributed by atoms with van der Waals surface area (Å²) in [6.45, 7) is -0.938. The lowest BCUT2D eigenvalue weighted by Gasteiger charge is -2.33. The van der Waals surface area contributed by atoms with E-state index in [0.29, 0.717) is 0 Å². The third-order valence-corrected chi connectivity index (χ3v) is 7.27. The van der Waals surface area contributed by atoms with Gasteiger partial charge < -0.3 is 15.0 Å². The number of carbonyl (C=O) groups is 2. The highest BCUT2D eigenvalue weighted by atomic mass is 35.5. The third-order valence-electron chi connectivity index (χ3n) is 5.90. The van der Waals surface area contributed by atoms with Crippen LogP contribution in [0, 0.1) is 5.82 Å². The van der Waals surface area contributed by atoms with Crippen LogP contribution in [0.15, 0.2) is 72.8 Å². The molecule has 3 aromatic rings.